The van der Waals surface area contributed by atoms with Crippen molar-refractivity contribution < 1.29 is 4.52 Å². The van der Waals surface area contributed by atoms with E-state index in [2.05, 4.69) is 39.6 Å². The molecule has 1 aliphatic rings. The Balaban J connectivity index is 1.60. The number of rotatable bonds is 5. The summed E-state index contributed by atoms with van der Waals surface area (Å²) >= 11 is 11.9. The molecule has 0 bridgehead atoms. The van der Waals surface area contributed by atoms with Crippen LogP contribution in [0.1, 0.15) is 30.0 Å². The molecule has 2 heterocycles. The van der Waals surface area contributed by atoms with Crippen molar-refractivity contribution in [2.75, 3.05) is 0 Å². The lowest BCUT2D eigenvalue weighted by atomic mass is 9.94. The molecule has 1 unspecified atom stereocenters. The molecule has 3 aromatic carbocycles. The highest BCUT2D eigenvalue weighted by Gasteiger charge is 2.34. The zero-order valence-corrected chi connectivity index (χ0v) is 19.5. The molecular weight excluding hydrogens is 452 g/mol. The van der Waals surface area contributed by atoms with Crippen LogP contribution in [-0.4, -0.2) is 20.2 Å². The van der Waals surface area contributed by atoms with Gasteiger partial charge in [0.15, 0.2) is 5.11 Å². The molecule has 5 nitrogen and oxygen atoms in total. The van der Waals surface area contributed by atoms with Crippen molar-refractivity contribution in [2.45, 2.75) is 19.5 Å². The second-order valence-corrected chi connectivity index (χ2v) is 8.62. The van der Waals surface area contributed by atoms with Gasteiger partial charge in [0.05, 0.1) is 11.6 Å². The van der Waals surface area contributed by atoms with E-state index >= 15 is 0 Å². The molecule has 0 saturated carbocycles. The van der Waals surface area contributed by atoms with Gasteiger partial charge < -0.3 is 14.7 Å². The van der Waals surface area contributed by atoms with Crippen LogP contribution in [0, 0.1) is 0 Å². The van der Waals surface area contributed by atoms with Gasteiger partial charge in [0.1, 0.15) is 0 Å². The molecule has 0 amide bonds. The van der Waals surface area contributed by atoms with Gasteiger partial charge in [-0.3, -0.25) is 0 Å². The summed E-state index contributed by atoms with van der Waals surface area (Å²) in [6.07, 6.45) is 0. The van der Waals surface area contributed by atoms with Gasteiger partial charge in [-0.2, -0.15) is 4.98 Å². The van der Waals surface area contributed by atoms with Crippen LogP contribution in [0.3, 0.4) is 0 Å². The minimum atomic E-state index is -0.210. The van der Waals surface area contributed by atoms with E-state index < -0.39 is 0 Å². The van der Waals surface area contributed by atoms with E-state index in [0.717, 1.165) is 28.0 Å². The smallest absolute Gasteiger partial charge is 0.258 e. The molecule has 7 heteroatoms. The normalized spacial score (nSPS) is 16.1. The Labute approximate surface area is 202 Å². The molecule has 0 radical (unpaired) electrons. The third kappa shape index (κ3) is 4.40. The molecule has 1 atom stereocenters. The number of nitrogens with one attached hydrogen (secondary N) is 1. The molecule has 5 rings (SSSR count). The fourth-order valence-corrected chi connectivity index (χ4v) is 4.50. The first-order valence-electron chi connectivity index (χ1n) is 10.6. The van der Waals surface area contributed by atoms with Crippen molar-refractivity contribution >= 4 is 34.5 Å². The molecule has 0 spiro atoms. The molecule has 33 heavy (non-hydrogen) atoms. The van der Waals surface area contributed by atoms with Crippen molar-refractivity contribution in [1.29, 1.82) is 0 Å². The van der Waals surface area contributed by atoms with Gasteiger partial charge in [-0.25, -0.2) is 0 Å². The molecule has 1 N–H and O–H groups in total. The fraction of sp³-hybridized carbons (Fsp3) is 0.115. The lowest BCUT2D eigenvalue weighted by Gasteiger charge is -2.37. The van der Waals surface area contributed by atoms with Crippen LogP contribution in [0.15, 0.2) is 95.1 Å². The number of aromatic nitrogens is 2. The Morgan fingerprint density at radius 3 is 2.45 bits per heavy atom. The van der Waals surface area contributed by atoms with Crippen molar-refractivity contribution in [3.8, 4) is 11.4 Å². The van der Waals surface area contributed by atoms with Crippen molar-refractivity contribution in [3.63, 3.8) is 0 Å². The number of allylic oxidation sites excluding steroid dienone is 1. The lowest BCUT2D eigenvalue weighted by Crippen LogP contribution is -2.45. The predicted octanol–water partition coefficient (Wildman–Crippen LogP) is 6.25. The molecule has 0 fully saturated rings. The average Bonchev–Trinajstić information content (AvgIpc) is 3.32. The third-order valence-electron chi connectivity index (χ3n) is 5.65. The predicted molar refractivity (Wildman–Crippen MR) is 134 cm³/mol. The maximum Gasteiger partial charge on any atom is 0.258 e. The van der Waals surface area contributed by atoms with Crippen molar-refractivity contribution in [3.05, 3.63) is 113 Å². The molecule has 0 aliphatic carbocycles. The molecular formula is C26H21ClN4OS. The second-order valence-electron chi connectivity index (χ2n) is 7.80. The Hall–Kier alpha value is -3.48. The Kier molecular flexibility index (Phi) is 5.94. The van der Waals surface area contributed by atoms with Gasteiger partial charge >= 0.3 is 0 Å². The minimum absolute atomic E-state index is 0.210. The van der Waals surface area contributed by atoms with Crippen molar-refractivity contribution in [1.82, 2.24) is 20.4 Å². The fourth-order valence-electron chi connectivity index (χ4n) is 3.99. The Morgan fingerprint density at radius 2 is 1.73 bits per heavy atom. The van der Waals surface area contributed by atoms with Crippen LogP contribution in [0.25, 0.3) is 17.0 Å². The number of hydrogen-bond donors (Lipinski definition) is 1. The molecule has 1 aliphatic heterocycles. The van der Waals surface area contributed by atoms with Crippen LogP contribution < -0.4 is 5.32 Å². The number of benzene rings is 3. The largest absolute Gasteiger partial charge is 0.351 e. The highest BCUT2D eigenvalue weighted by molar-refractivity contribution is 7.80. The van der Waals surface area contributed by atoms with Crippen LogP contribution in [0.2, 0.25) is 5.02 Å². The molecule has 1 aromatic heterocycles. The quantitative estimate of drug-likeness (QED) is 0.346. The Bertz CT molecular complexity index is 1320. The summed E-state index contributed by atoms with van der Waals surface area (Å²) < 4.78 is 5.78. The first-order valence-corrected chi connectivity index (χ1v) is 11.4. The monoisotopic (exact) mass is 472 g/mol. The number of thiocarbonyl (C=S) groups is 1. The first-order chi connectivity index (χ1) is 16.1. The van der Waals surface area contributed by atoms with E-state index in [1.165, 1.54) is 0 Å². The molecule has 4 aromatic rings. The first kappa shape index (κ1) is 21.4. The van der Waals surface area contributed by atoms with Gasteiger partial charge in [0.2, 0.25) is 5.82 Å². The van der Waals surface area contributed by atoms with Crippen molar-refractivity contribution in [2.24, 2.45) is 0 Å². The van der Waals surface area contributed by atoms with Crippen LogP contribution >= 0.6 is 23.8 Å². The number of halogens is 1. The highest BCUT2D eigenvalue weighted by atomic mass is 35.5. The van der Waals surface area contributed by atoms with Crippen LogP contribution in [0.5, 0.6) is 0 Å². The molecule has 0 saturated heterocycles. The number of hydrogen-bond acceptors (Lipinski definition) is 4. The summed E-state index contributed by atoms with van der Waals surface area (Å²) in [4.78, 5) is 6.81. The molecule has 164 valence electrons. The number of nitrogens with zero attached hydrogens (tertiary/aromatic N) is 3. The summed E-state index contributed by atoms with van der Waals surface area (Å²) in [5, 5.41) is 9.00. The van der Waals surface area contributed by atoms with Gasteiger partial charge in [-0.15, -0.1) is 0 Å². The van der Waals surface area contributed by atoms with E-state index in [1.807, 2.05) is 67.6 Å². The minimum Gasteiger partial charge on any atom is -0.351 e. The lowest BCUT2D eigenvalue weighted by molar-refractivity contribution is 0.396. The van der Waals surface area contributed by atoms with Gasteiger partial charge in [0, 0.05) is 22.8 Å². The second kappa shape index (κ2) is 9.17. The van der Waals surface area contributed by atoms with E-state index in [1.54, 1.807) is 0 Å². The zero-order valence-electron chi connectivity index (χ0n) is 17.9. The summed E-state index contributed by atoms with van der Waals surface area (Å²) in [6, 6.07) is 27.6. The maximum absolute atomic E-state index is 6.16. The standard InChI is InChI=1S/C26H21ClN4OS/c1-17-22(25-29-24(30-32-25)20-13-8-14-21(27)15-20)23(19-11-6-3-7-12-19)28-26(33)31(17)16-18-9-4-2-5-10-18/h2-15,23H,16H2,1H3,(H,28,33). The van der Waals surface area contributed by atoms with Crippen LogP contribution in [-0.2, 0) is 6.54 Å². The average molecular weight is 473 g/mol. The summed E-state index contributed by atoms with van der Waals surface area (Å²) in [7, 11) is 0. The van der Waals surface area contributed by atoms with E-state index in [4.69, 9.17) is 33.3 Å². The summed E-state index contributed by atoms with van der Waals surface area (Å²) in [5.41, 5.74) is 4.89. The van der Waals surface area contributed by atoms with E-state index in [-0.39, 0.29) is 6.04 Å². The van der Waals surface area contributed by atoms with Crippen LogP contribution in [0.4, 0.5) is 0 Å². The zero-order chi connectivity index (χ0) is 22.8. The van der Waals surface area contributed by atoms with Gasteiger partial charge in [0.25, 0.3) is 5.89 Å². The highest BCUT2D eigenvalue weighted by Crippen LogP contribution is 2.38. The third-order valence-corrected chi connectivity index (χ3v) is 6.23. The van der Waals surface area contributed by atoms with Gasteiger partial charge in [-0.05, 0) is 42.4 Å². The van der Waals surface area contributed by atoms with Gasteiger partial charge in [-0.1, -0.05) is 89.6 Å². The maximum atomic E-state index is 6.16. The summed E-state index contributed by atoms with van der Waals surface area (Å²) in [5.74, 6) is 0.937. The van der Waals surface area contributed by atoms with E-state index in [9.17, 15) is 0 Å². The van der Waals surface area contributed by atoms with E-state index in [0.29, 0.717) is 28.4 Å². The summed E-state index contributed by atoms with van der Waals surface area (Å²) in [6.45, 7) is 2.68. The Morgan fingerprint density at radius 1 is 1.00 bits per heavy atom. The topological polar surface area (TPSA) is 54.2 Å². The SMILES string of the molecule is CC1=C(c2nc(-c3cccc(Cl)c3)no2)C(c2ccccc2)NC(=S)N1Cc1ccccc1.